The molecule has 5 nitrogen and oxygen atoms in total. The van der Waals surface area contributed by atoms with Gasteiger partial charge in [-0.2, -0.15) is 0 Å². The van der Waals surface area contributed by atoms with E-state index in [4.69, 9.17) is 0 Å². The number of allylic oxidation sites excluding steroid dienone is 1. The van der Waals surface area contributed by atoms with E-state index >= 15 is 0 Å². The maximum atomic E-state index is 13.5. The van der Waals surface area contributed by atoms with Crippen LogP contribution in [0, 0.1) is 56.7 Å². The van der Waals surface area contributed by atoms with E-state index in [1.54, 1.807) is 0 Å². The van der Waals surface area contributed by atoms with Crippen molar-refractivity contribution in [3.63, 3.8) is 0 Å². The quantitative estimate of drug-likeness (QED) is 0.407. The van der Waals surface area contributed by atoms with Crippen LogP contribution < -0.4 is 0 Å². The summed E-state index contributed by atoms with van der Waals surface area (Å²) >= 11 is 0. The molecule has 5 aliphatic carbocycles. The third-order valence-electron chi connectivity index (χ3n) is 13.2. The van der Waals surface area contributed by atoms with Gasteiger partial charge < -0.3 is 15.3 Å². The fraction of sp³-hybridized carbons (Fsp3) is 0.867. The molecule has 0 radical (unpaired) electrons. The summed E-state index contributed by atoms with van der Waals surface area (Å²) in [6, 6.07) is 0. The summed E-state index contributed by atoms with van der Waals surface area (Å²) in [6.45, 7) is 13.4. The second-order valence-electron chi connectivity index (χ2n) is 14.4. The number of aliphatic carboxylic acids is 2. The van der Waals surface area contributed by atoms with Crippen molar-refractivity contribution < 1.29 is 24.9 Å². The van der Waals surface area contributed by atoms with Gasteiger partial charge in [-0.25, -0.2) is 0 Å². The minimum atomic E-state index is -1.00. The van der Waals surface area contributed by atoms with Gasteiger partial charge in [0.1, 0.15) is 0 Å². The number of fused-ring (bicyclic) bond motifs is 7. The third kappa shape index (κ3) is 2.85. The lowest BCUT2D eigenvalue weighted by atomic mass is 9.33. The topological polar surface area (TPSA) is 94.8 Å². The molecule has 0 aromatic carbocycles. The highest BCUT2D eigenvalue weighted by atomic mass is 16.4. The van der Waals surface area contributed by atoms with Gasteiger partial charge in [-0.1, -0.05) is 53.2 Å². The van der Waals surface area contributed by atoms with Crippen molar-refractivity contribution in [2.75, 3.05) is 0 Å². The van der Waals surface area contributed by atoms with Crippen molar-refractivity contribution in [2.24, 2.45) is 56.7 Å². The molecule has 4 fully saturated rings. The van der Waals surface area contributed by atoms with Crippen LogP contribution in [-0.4, -0.2) is 33.4 Å². The van der Waals surface area contributed by atoms with Gasteiger partial charge in [-0.15, -0.1) is 0 Å². The van der Waals surface area contributed by atoms with Crippen molar-refractivity contribution in [1.29, 1.82) is 0 Å². The predicted octanol–water partition coefficient (Wildman–Crippen LogP) is 6.15. The molecule has 0 aromatic rings. The SMILES string of the molecule is C[C@H]1[C@H](C)CC[C@]2(C(=O)O)CC[C@@]3(C(=O)O)C(=CC[C@@H]4[C@@]5(C)CC[C@H](O)C(C)(C)[C@@H]5CC[C@]43C)[C@@H]12. The molecule has 0 saturated heterocycles. The standard InChI is InChI=1S/C30H46O5/c1-17-9-14-29(24(32)33)15-16-30(25(34)35)19(23(29)18(17)2)7-8-21-27(5)12-11-22(31)26(3,4)20(27)10-13-28(21,30)6/h7,17-18,20-23,31H,8-16H2,1-6H3,(H,32,33)(H,34,35)/t17-,18+,20+,21-,22+,23-,27+,28-,29+,30+/m1/s1. The van der Waals surface area contributed by atoms with E-state index in [1.165, 1.54) is 0 Å². The molecule has 35 heavy (non-hydrogen) atoms. The maximum absolute atomic E-state index is 13.5. The molecule has 0 heterocycles. The lowest BCUT2D eigenvalue weighted by Gasteiger charge is -2.70. The highest BCUT2D eigenvalue weighted by Gasteiger charge is 2.73. The van der Waals surface area contributed by atoms with E-state index in [0.717, 1.165) is 44.1 Å². The molecule has 0 unspecified atom stereocenters. The molecule has 10 atom stereocenters. The Morgan fingerprint density at radius 1 is 0.857 bits per heavy atom. The summed E-state index contributed by atoms with van der Waals surface area (Å²) in [5.41, 5.74) is -1.53. The van der Waals surface area contributed by atoms with Crippen LogP contribution in [0.4, 0.5) is 0 Å². The number of hydrogen-bond acceptors (Lipinski definition) is 3. The number of hydrogen-bond donors (Lipinski definition) is 3. The summed E-state index contributed by atoms with van der Waals surface area (Å²) in [5, 5.41) is 32.5. The molecule has 0 spiro atoms. The van der Waals surface area contributed by atoms with Gasteiger partial charge in [0.25, 0.3) is 0 Å². The lowest BCUT2D eigenvalue weighted by Crippen LogP contribution is -2.67. The molecule has 0 aromatic heterocycles. The highest BCUT2D eigenvalue weighted by molar-refractivity contribution is 5.84. The van der Waals surface area contributed by atoms with Gasteiger partial charge in [0.2, 0.25) is 0 Å². The smallest absolute Gasteiger partial charge is 0.314 e. The Morgan fingerprint density at radius 3 is 2.17 bits per heavy atom. The first kappa shape index (κ1) is 25.3. The molecule has 3 N–H and O–H groups in total. The summed E-state index contributed by atoms with van der Waals surface area (Å²) < 4.78 is 0. The van der Waals surface area contributed by atoms with Crippen molar-refractivity contribution in [3.05, 3.63) is 11.6 Å². The number of rotatable bonds is 2. The van der Waals surface area contributed by atoms with Gasteiger partial charge in [0.15, 0.2) is 0 Å². The Kier molecular flexibility index (Phi) is 5.48. The van der Waals surface area contributed by atoms with E-state index in [9.17, 15) is 24.9 Å². The second-order valence-corrected chi connectivity index (χ2v) is 14.4. The van der Waals surface area contributed by atoms with Crippen LogP contribution in [-0.2, 0) is 9.59 Å². The minimum Gasteiger partial charge on any atom is -0.481 e. The van der Waals surface area contributed by atoms with Crippen LogP contribution in [0.25, 0.3) is 0 Å². The Morgan fingerprint density at radius 2 is 1.54 bits per heavy atom. The molecule has 5 rings (SSSR count). The zero-order valence-corrected chi connectivity index (χ0v) is 22.6. The van der Waals surface area contributed by atoms with E-state index in [0.29, 0.717) is 31.1 Å². The van der Waals surface area contributed by atoms with Crippen molar-refractivity contribution >= 4 is 11.9 Å². The van der Waals surface area contributed by atoms with Gasteiger partial charge in [-0.3, -0.25) is 9.59 Å². The van der Waals surface area contributed by atoms with Gasteiger partial charge in [-0.05, 0) is 104 Å². The van der Waals surface area contributed by atoms with Crippen LogP contribution in [0.2, 0.25) is 0 Å². The van der Waals surface area contributed by atoms with Crippen LogP contribution >= 0.6 is 0 Å². The minimum absolute atomic E-state index is 0.0347. The Hall–Kier alpha value is -1.36. The summed E-state index contributed by atoms with van der Waals surface area (Å²) in [5.74, 6) is -0.563. The second kappa shape index (κ2) is 7.58. The predicted molar refractivity (Wildman–Crippen MR) is 135 cm³/mol. The number of aliphatic hydroxyl groups is 1. The van der Waals surface area contributed by atoms with Crippen LogP contribution in [0.5, 0.6) is 0 Å². The molecule has 0 bridgehead atoms. The van der Waals surface area contributed by atoms with E-state index in [2.05, 4.69) is 47.6 Å². The van der Waals surface area contributed by atoms with E-state index in [1.807, 2.05) is 0 Å². The molecule has 0 aliphatic heterocycles. The molecule has 196 valence electrons. The first-order valence-electron chi connectivity index (χ1n) is 14.1. The zero-order valence-electron chi connectivity index (χ0n) is 22.6. The molecular weight excluding hydrogens is 440 g/mol. The van der Waals surface area contributed by atoms with E-state index in [-0.39, 0.29) is 34.7 Å². The van der Waals surface area contributed by atoms with Crippen molar-refractivity contribution in [2.45, 2.75) is 105 Å². The molecule has 0 amide bonds. The average Bonchev–Trinajstić information content (AvgIpc) is 2.78. The lowest BCUT2D eigenvalue weighted by molar-refractivity contribution is -0.216. The maximum Gasteiger partial charge on any atom is 0.314 e. The monoisotopic (exact) mass is 486 g/mol. The number of carbonyl (C=O) groups is 2. The molecule has 5 aliphatic rings. The van der Waals surface area contributed by atoms with Crippen LogP contribution in [0.3, 0.4) is 0 Å². The highest BCUT2D eigenvalue weighted by Crippen LogP contribution is 2.75. The summed E-state index contributed by atoms with van der Waals surface area (Å²) in [7, 11) is 0. The molecule has 5 heteroatoms. The zero-order chi connectivity index (χ0) is 25.8. The van der Waals surface area contributed by atoms with Gasteiger partial charge in [0.05, 0.1) is 16.9 Å². The van der Waals surface area contributed by atoms with Crippen LogP contribution in [0.1, 0.15) is 99.3 Å². The fourth-order valence-corrected chi connectivity index (χ4v) is 11.0. The normalized spacial score (nSPS) is 52.7. The first-order valence-corrected chi connectivity index (χ1v) is 14.1. The summed E-state index contributed by atoms with van der Waals surface area (Å²) in [6.07, 6.45) is 8.62. The van der Waals surface area contributed by atoms with E-state index < -0.39 is 28.2 Å². The third-order valence-corrected chi connectivity index (χ3v) is 13.2. The first-order chi connectivity index (χ1) is 16.2. The Bertz CT molecular complexity index is 968. The molecular formula is C30H46O5. The largest absolute Gasteiger partial charge is 0.481 e. The Balaban J connectivity index is 1.68. The average molecular weight is 487 g/mol. The summed E-state index contributed by atoms with van der Waals surface area (Å²) in [4.78, 5) is 26.3. The van der Waals surface area contributed by atoms with Crippen LogP contribution in [0.15, 0.2) is 11.6 Å². The molecule has 4 saturated carbocycles. The number of carboxylic acids is 2. The van der Waals surface area contributed by atoms with Gasteiger partial charge >= 0.3 is 11.9 Å². The number of aliphatic hydroxyl groups excluding tert-OH is 1. The Labute approximate surface area is 210 Å². The number of carboxylic acid groups (broad SMARTS) is 2. The van der Waals surface area contributed by atoms with Crippen molar-refractivity contribution in [1.82, 2.24) is 0 Å². The fourth-order valence-electron chi connectivity index (χ4n) is 11.0. The van der Waals surface area contributed by atoms with Crippen molar-refractivity contribution in [3.8, 4) is 0 Å². The van der Waals surface area contributed by atoms with Gasteiger partial charge in [0, 0.05) is 0 Å².